The number of carbonyl (C=O) groups excluding carboxylic acids is 1. The quantitative estimate of drug-likeness (QED) is 0.847. The second-order valence-corrected chi connectivity index (χ2v) is 5.65. The fourth-order valence-electron chi connectivity index (χ4n) is 2.62. The molecule has 8 heteroatoms. The first kappa shape index (κ1) is 18.4. The van der Waals surface area contributed by atoms with E-state index >= 15 is 0 Å². The minimum Gasteiger partial charge on any atom is -0.378 e. The third-order valence-corrected chi connectivity index (χ3v) is 3.88. The number of carbonyl (C=O) groups is 1. The lowest BCUT2D eigenvalue weighted by atomic mass is 10.1. The number of nitrogens with one attached hydrogen (secondary N) is 2. The number of halogens is 1. The largest absolute Gasteiger partial charge is 0.378 e. The van der Waals surface area contributed by atoms with Crippen molar-refractivity contribution in [2.24, 2.45) is 0 Å². The summed E-state index contributed by atoms with van der Waals surface area (Å²) in [5.74, 6) is 0.0286. The molecule has 3 rings (SSSR count). The maximum atomic E-state index is 12.1. The Hall–Kier alpha value is -1.96. The van der Waals surface area contributed by atoms with Crippen molar-refractivity contribution in [3.63, 3.8) is 0 Å². The standard InChI is InChI=1S/C16H21N5O2.ClH/c1-12(20-16(22)8-14-9-23-7-6-18-14)13-2-4-15(5-3-13)21-11-17-10-19-21;/h2-5,10-12,14,18H,6-9H2,1H3,(H,20,22);1H. The minimum absolute atomic E-state index is 0. The van der Waals surface area contributed by atoms with E-state index in [2.05, 4.69) is 20.7 Å². The second kappa shape index (κ2) is 8.77. The van der Waals surface area contributed by atoms with Gasteiger partial charge in [-0.1, -0.05) is 12.1 Å². The first-order chi connectivity index (χ1) is 11.2. The summed E-state index contributed by atoms with van der Waals surface area (Å²) >= 11 is 0. The molecule has 1 saturated heterocycles. The number of morpholine rings is 1. The molecule has 2 heterocycles. The van der Waals surface area contributed by atoms with Gasteiger partial charge in [0.25, 0.3) is 0 Å². The van der Waals surface area contributed by atoms with Crippen molar-refractivity contribution in [1.29, 1.82) is 0 Å². The molecule has 1 amide bonds. The normalized spacial score (nSPS) is 18.5. The molecule has 7 nitrogen and oxygen atoms in total. The van der Waals surface area contributed by atoms with E-state index in [1.807, 2.05) is 31.2 Å². The van der Waals surface area contributed by atoms with Crippen molar-refractivity contribution >= 4 is 18.3 Å². The molecule has 1 aliphatic heterocycles. The number of amides is 1. The highest BCUT2D eigenvalue weighted by Gasteiger charge is 2.18. The Kier molecular flexibility index (Phi) is 6.72. The molecule has 2 unspecified atom stereocenters. The van der Waals surface area contributed by atoms with Crippen LogP contribution in [0.25, 0.3) is 5.69 Å². The summed E-state index contributed by atoms with van der Waals surface area (Å²) < 4.78 is 7.06. The SMILES string of the molecule is CC(NC(=O)CC1COCCN1)c1ccc(-n2cncn2)cc1.Cl. The second-order valence-electron chi connectivity index (χ2n) is 5.65. The van der Waals surface area contributed by atoms with Crippen LogP contribution in [0, 0.1) is 0 Å². The average molecular weight is 352 g/mol. The highest BCUT2D eigenvalue weighted by atomic mass is 35.5. The minimum atomic E-state index is -0.0446. The Labute approximate surface area is 147 Å². The smallest absolute Gasteiger partial charge is 0.222 e. The monoisotopic (exact) mass is 351 g/mol. The lowest BCUT2D eigenvalue weighted by molar-refractivity contribution is -0.122. The van der Waals surface area contributed by atoms with Gasteiger partial charge in [0.2, 0.25) is 5.91 Å². The van der Waals surface area contributed by atoms with Gasteiger partial charge >= 0.3 is 0 Å². The number of hydrogen-bond donors (Lipinski definition) is 2. The van der Waals surface area contributed by atoms with E-state index in [0.717, 1.165) is 17.8 Å². The molecular formula is C16H22ClN5O2. The summed E-state index contributed by atoms with van der Waals surface area (Å²) in [7, 11) is 0. The van der Waals surface area contributed by atoms with Crippen molar-refractivity contribution in [2.75, 3.05) is 19.8 Å². The van der Waals surface area contributed by atoms with Crippen molar-refractivity contribution < 1.29 is 9.53 Å². The first-order valence-corrected chi connectivity index (χ1v) is 7.78. The Morgan fingerprint density at radius 3 is 2.88 bits per heavy atom. The Morgan fingerprint density at radius 1 is 1.46 bits per heavy atom. The summed E-state index contributed by atoms with van der Waals surface area (Å²) in [5, 5.41) is 10.4. The lowest BCUT2D eigenvalue weighted by Crippen LogP contribution is -2.44. The molecule has 130 valence electrons. The number of rotatable bonds is 5. The zero-order valence-electron chi connectivity index (χ0n) is 13.5. The fraction of sp³-hybridized carbons (Fsp3) is 0.438. The highest BCUT2D eigenvalue weighted by Crippen LogP contribution is 2.15. The van der Waals surface area contributed by atoms with Crippen molar-refractivity contribution in [3.8, 4) is 5.69 Å². The third-order valence-electron chi connectivity index (χ3n) is 3.88. The summed E-state index contributed by atoms with van der Waals surface area (Å²) in [6.45, 7) is 4.09. The number of aromatic nitrogens is 3. The zero-order chi connectivity index (χ0) is 16.1. The zero-order valence-corrected chi connectivity index (χ0v) is 14.3. The van der Waals surface area contributed by atoms with E-state index in [4.69, 9.17) is 4.74 Å². The predicted octanol–water partition coefficient (Wildman–Crippen LogP) is 1.24. The molecule has 0 saturated carbocycles. The molecule has 0 spiro atoms. The van der Waals surface area contributed by atoms with Crippen LogP contribution in [0.15, 0.2) is 36.9 Å². The van der Waals surface area contributed by atoms with Gasteiger partial charge in [0, 0.05) is 19.0 Å². The Morgan fingerprint density at radius 2 is 2.25 bits per heavy atom. The van der Waals surface area contributed by atoms with E-state index in [1.165, 1.54) is 6.33 Å². The molecule has 24 heavy (non-hydrogen) atoms. The molecule has 2 atom stereocenters. The maximum absolute atomic E-state index is 12.1. The van der Waals surface area contributed by atoms with Crippen LogP contribution in [0.4, 0.5) is 0 Å². The van der Waals surface area contributed by atoms with Gasteiger partial charge in [-0.25, -0.2) is 9.67 Å². The topological polar surface area (TPSA) is 81.1 Å². The summed E-state index contributed by atoms with van der Waals surface area (Å²) in [4.78, 5) is 16.0. The van der Waals surface area contributed by atoms with E-state index in [9.17, 15) is 4.79 Å². The van der Waals surface area contributed by atoms with Crippen LogP contribution in [0.1, 0.15) is 24.9 Å². The van der Waals surface area contributed by atoms with Crippen LogP contribution in [-0.2, 0) is 9.53 Å². The molecule has 1 aromatic heterocycles. The van der Waals surface area contributed by atoms with Crippen LogP contribution in [-0.4, -0.2) is 46.5 Å². The van der Waals surface area contributed by atoms with Gasteiger partial charge < -0.3 is 15.4 Å². The summed E-state index contributed by atoms with van der Waals surface area (Å²) in [6.07, 6.45) is 3.58. The van der Waals surface area contributed by atoms with Crippen LogP contribution < -0.4 is 10.6 Å². The molecule has 2 aromatic rings. The number of nitrogens with zero attached hydrogens (tertiary/aromatic N) is 3. The van der Waals surface area contributed by atoms with Crippen LogP contribution in [0.3, 0.4) is 0 Å². The molecule has 1 aromatic carbocycles. The Balaban J connectivity index is 0.00000208. The third kappa shape index (κ3) is 4.77. The van der Waals surface area contributed by atoms with Gasteiger partial charge in [-0.3, -0.25) is 4.79 Å². The molecule has 0 aliphatic carbocycles. The van der Waals surface area contributed by atoms with Gasteiger partial charge in [-0.15, -0.1) is 12.4 Å². The van der Waals surface area contributed by atoms with E-state index in [1.54, 1.807) is 11.0 Å². The fourth-order valence-corrected chi connectivity index (χ4v) is 2.62. The molecular weight excluding hydrogens is 330 g/mol. The molecule has 1 fully saturated rings. The van der Waals surface area contributed by atoms with Crippen molar-refractivity contribution in [3.05, 3.63) is 42.5 Å². The van der Waals surface area contributed by atoms with Crippen LogP contribution in [0.2, 0.25) is 0 Å². The number of benzene rings is 1. The van der Waals surface area contributed by atoms with Gasteiger partial charge in [-0.2, -0.15) is 5.10 Å². The highest BCUT2D eigenvalue weighted by molar-refractivity contribution is 5.85. The van der Waals surface area contributed by atoms with Gasteiger partial charge in [0.1, 0.15) is 12.7 Å². The maximum Gasteiger partial charge on any atom is 0.222 e. The number of ether oxygens (including phenoxy) is 1. The first-order valence-electron chi connectivity index (χ1n) is 7.78. The van der Waals surface area contributed by atoms with Gasteiger partial charge in [0.05, 0.1) is 24.9 Å². The summed E-state index contributed by atoms with van der Waals surface area (Å²) in [5.41, 5.74) is 1.99. The predicted molar refractivity (Wildman–Crippen MR) is 92.4 cm³/mol. The average Bonchev–Trinajstić information content (AvgIpc) is 3.10. The molecule has 0 radical (unpaired) electrons. The van der Waals surface area contributed by atoms with E-state index < -0.39 is 0 Å². The van der Waals surface area contributed by atoms with Crippen molar-refractivity contribution in [1.82, 2.24) is 25.4 Å². The summed E-state index contributed by atoms with van der Waals surface area (Å²) in [6, 6.07) is 7.96. The van der Waals surface area contributed by atoms with Gasteiger partial charge in [-0.05, 0) is 24.6 Å². The molecule has 1 aliphatic rings. The van der Waals surface area contributed by atoms with Crippen molar-refractivity contribution in [2.45, 2.75) is 25.4 Å². The molecule has 2 N–H and O–H groups in total. The Bertz CT molecular complexity index is 626. The van der Waals surface area contributed by atoms with E-state index in [-0.39, 0.29) is 30.4 Å². The lowest BCUT2D eigenvalue weighted by Gasteiger charge is -2.24. The van der Waals surface area contributed by atoms with Crippen LogP contribution in [0.5, 0.6) is 0 Å². The van der Waals surface area contributed by atoms with E-state index in [0.29, 0.717) is 19.6 Å². The molecule has 0 bridgehead atoms. The van der Waals surface area contributed by atoms with Gasteiger partial charge in [0.15, 0.2) is 0 Å². The number of hydrogen-bond acceptors (Lipinski definition) is 5. The van der Waals surface area contributed by atoms with Crippen LogP contribution >= 0.6 is 12.4 Å².